The number of hydrogen-bond donors (Lipinski definition) is 0. The van der Waals surface area contributed by atoms with Crippen LogP contribution in [-0.2, 0) is 13.0 Å². The van der Waals surface area contributed by atoms with Crippen LogP contribution in [0.1, 0.15) is 19.7 Å². The monoisotopic (exact) mass is 371 g/mol. The summed E-state index contributed by atoms with van der Waals surface area (Å²) >= 11 is 9.51. The third-order valence-corrected chi connectivity index (χ3v) is 4.12. The average Bonchev–Trinajstić information content (AvgIpc) is 2.66. The van der Waals surface area contributed by atoms with Crippen molar-refractivity contribution in [3.63, 3.8) is 0 Å². The standard InChI is InChI=1S/C16H23BrClN3/c1-16(2,10-20(3)4)11-21-14-9-12(17)5-6-13(14)19-15(21)7-8-18/h5-6,9H,7-8,10-11H2,1-4H3. The van der Waals surface area contributed by atoms with Crippen LogP contribution in [0.2, 0.25) is 0 Å². The lowest BCUT2D eigenvalue weighted by atomic mass is 9.92. The van der Waals surface area contributed by atoms with Crippen molar-refractivity contribution in [2.75, 3.05) is 26.5 Å². The van der Waals surface area contributed by atoms with Gasteiger partial charge in [-0.3, -0.25) is 0 Å². The van der Waals surface area contributed by atoms with Crippen LogP contribution in [0.3, 0.4) is 0 Å². The van der Waals surface area contributed by atoms with E-state index in [2.05, 4.69) is 65.5 Å². The number of imidazole rings is 1. The van der Waals surface area contributed by atoms with Crippen molar-refractivity contribution in [1.82, 2.24) is 14.5 Å². The molecule has 21 heavy (non-hydrogen) atoms. The third kappa shape index (κ3) is 4.21. The highest BCUT2D eigenvalue weighted by Gasteiger charge is 2.22. The Kier molecular flexibility index (Phi) is 5.33. The van der Waals surface area contributed by atoms with Gasteiger partial charge in [-0.15, -0.1) is 11.6 Å². The minimum atomic E-state index is 0.167. The molecule has 1 aromatic heterocycles. The molecule has 0 radical (unpaired) electrons. The molecule has 3 nitrogen and oxygen atoms in total. The summed E-state index contributed by atoms with van der Waals surface area (Å²) in [7, 11) is 4.23. The molecule has 0 atom stereocenters. The van der Waals surface area contributed by atoms with E-state index in [4.69, 9.17) is 16.6 Å². The molecule has 0 bridgehead atoms. The molecule has 0 aliphatic carbocycles. The van der Waals surface area contributed by atoms with Crippen LogP contribution < -0.4 is 0 Å². The molecule has 1 heterocycles. The Bertz CT molecular complexity index is 619. The van der Waals surface area contributed by atoms with E-state index >= 15 is 0 Å². The van der Waals surface area contributed by atoms with Gasteiger partial charge in [0, 0.05) is 29.9 Å². The van der Waals surface area contributed by atoms with Gasteiger partial charge >= 0.3 is 0 Å². The summed E-state index contributed by atoms with van der Waals surface area (Å²) in [5, 5.41) is 0. The largest absolute Gasteiger partial charge is 0.327 e. The van der Waals surface area contributed by atoms with Crippen LogP contribution in [0.5, 0.6) is 0 Å². The first-order valence-corrected chi connectivity index (χ1v) is 8.50. The molecule has 0 unspecified atom stereocenters. The lowest BCUT2D eigenvalue weighted by Gasteiger charge is -2.29. The first-order valence-electron chi connectivity index (χ1n) is 7.18. The Morgan fingerprint density at radius 2 is 2.05 bits per heavy atom. The molecule has 0 fully saturated rings. The first kappa shape index (κ1) is 16.8. The maximum atomic E-state index is 5.95. The molecule has 1 aromatic carbocycles. The second kappa shape index (κ2) is 6.67. The van der Waals surface area contributed by atoms with Gasteiger partial charge in [0.05, 0.1) is 11.0 Å². The van der Waals surface area contributed by atoms with Crippen LogP contribution in [0.15, 0.2) is 22.7 Å². The normalized spacial score (nSPS) is 12.5. The summed E-state index contributed by atoms with van der Waals surface area (Å²) in [4.78, 5) is 6.98. The number of rotatable bonds is 6. The molecule has 0 spiro atoms. The predicted octanol–water partition coefficient (Wildman–Crippen LogP) is 4.17. The highest BCUT2D eigenvalue weighted by atomic mass is 79.9. The molecular formula is C16H23BrClN3. The Morgan fingerprint density at radius 3 is 2.67 bits per heavy atom. The van der Waals surface area contributed by atoms with Crippen molar-refractivity contribution in [3.05, 3.63) is 28.5 Å². The minimum absolute atomic E-state index is 0.167. The van der Waals surface area contributed by atoms with E-state index in [-0.39, 0.29) is 5.41 Å². The Labute approximate surface area is 140 Å². The van der Waals surface area contributed by atoms with Gasteiger partial charge in [-0.1, -0.05) is 29.8 Å². The number of fused-ring (bicyclic) bond motifs is 1. The Balaban J connectivity index is 2.44. The van der Waals surface area contributed by atoms with Crippen molar-refractivity contribution in [2.24, 2.45) is 5.41 Å². The molecular weight excluding hydrogens is 350 g/mol. The molecule has 0 N–H and O–H groups in total. The number of aromatic nitrogens is 2. The van der Waals surface area contributed by atoms with Crippen molar-refractivity contribution in [2.45, 2.75) is 26.8 Å². The number of alkyl halides is 1. The number of aryl methyl sites for hydroxylation is 1. The second-order valence-electron chi connectivity index (χ2n) is 6.59. The predicted molar refractivity (Wildman–Crippen MR) is 94.2 cm³/mol. The van der Waals surface area contributed by atoms with Crippen molar-refractivity contribution in [3.8, 4) is 0 Å². The number of hydrogen-bond acceptors (Lipinski definition) is 2. The van der Waals surface area contributed by atoms with Gasteiger partial charge < -0.3 is 9.47 Å². The molecule has 0 saturated carbocycles. The third-order valence-electron chi connectivity index (χ3n) is 3.44. The van der Waals surface area contributed by atoms with Crippen LogP contribution in [0.25, 0.3) is 11.0 Å². The Morgan fingerprint density at radius 1 is 1.33 bits per heavy atom. The molecule has 2 rings (SSSR count). The van der Waals surface area contributed by atoms with E-state index in [0.717, 1.165) is 35.3 Å². The van der Waals surface area contributed by atoms with Crippen molar-refractivity contribution < 1.29 is 0 Å². The molecule has 0 aliphatic heterocycles. The van der Waals surface area contributed by atoms with Gasteiger partial charge in [-0.2, -0.15) is 0 Å². The van der Waals surface area contributed by atoms with E-state index in [0.29, 0.717) is 5.88 Å². The highest BCUT2D eigenvalue weighted by Crippen LogP contribution is 2.26. The fraction of sp³-hybridized carbons (Fsp3) is 0.562. The number of benzene rings is 1. The van der Waals surface area contributed by atoms with E-state index in [1.54, 1.807) is 0 Å². The average molecular weight is 373 g/mol. The highest BCUT2D eigenvalue weighted by molar-refractivity contribution is 9.10. The van der Waals surface area contributed by atoms with E-state index in [9.17, 15) is 0 Å². The van der Waals surface area contributed by atoms with Gasteiger partial charge in [0.1, 0.15) is 5.82 Å². The van der Waals surface area contributed by atoms with Crippen molar-refractivity contribution in [1.29, 1.82) is 0 Å². The molecule has 116 valence electrons. The molecule has 0 saturated heterocycles. The maximum absolute atomic E-state index is 5.95. The lowest BCUT2D eigenvalue weighted by molar-refractivity contribution is 0.211. The minimum Gasteiger partial charge on any atom is -0.327 e. The van der Waals surface area contributed by atoms with Gasteiger partial charge in [0.15, 0.2) is 0 Å². The summed E-state index contributed by atoms with van der Waals surface area (Å²) in [6, 6.07) is 6.24. The Hall–Kier alpha value is -0.580. The number of halogens is 2. The van der Waals surface area contributed by atoms with Crippen molar-refractivity contribution >= 4 is 38.6 Å². The van der Waals surface area contributed by atoms with Gasteiger partial charge in [0.2, 0.25) is 0 Å². The topological polar surface area (TPSA) is 21.1 Å². The van der Waals surface area contributed by atoms with Crippen LogP contribution >= 0.6 is 27.5 Å². The van der Waals surface area contributed by atoms with Gasteiger partial charge in [-0.05, 0) is 37.7 Å². The quantitative estimate of drug-likeness (QED) is 0.710. The first-order chi connectivity index (χ1) is 9.82. The van der Waals surface area contributed by atoms with Crippen LogP contribution in [-0.4, -0.2) is 41.0 Å². The van der Waals surface area contributed by atoms with E-state index in [1.165, 1.54) is 5.52 Å². The molecule has 0 aliphatic rings. The van der Waals surface area contributed by atoms with E-state index in [1.807, 2.05) is 6.07 Å². The SMILES string of the molecule is CN(C)CC(C)(C)Cn1c(CCCl)nc2ccc(Br)cc21. The zero-order valence-electron chi connectivity index (χ0n) is 13.2. The van der Waals surface area contributed by atoms with Gasteiger partial charge in [-0.25, -0.2) is 4.98 Å². The zero-order chi connectivity index (χ0) is 15.6. The lowest BCUT2D eigenvalue weighted by Crippen LogP contribution is -2.32. The van der Waals surface area contributed by atoms with E-state index < -0.39 is 0 Å². The number of nitrogens with zero attached hydrogens (tertiary/aromatic N) is 3. The smallest absolute Gasteiger partial charge is 0.111 e. The summed E-state index contributed by atoms with van der Waals surface area (Å²) in [5.74, 6) is 1.67. The second-order valence-corrected chi connectivity index (χ2v) is 7.88. The summed E-state index contributed by atoms with van der Waals surface area (Å²) in [6.07, 6.45) is 0.798. The fourth-order valence-corrected chi connectivity index (χ4v) is 3.45. The molecule has 2 aromatic rings. The summed E-state index contributed by atoms with van der Waals surface area (Å²) < 4.78 is 3.41. The summed E-state index contributed by atoms with van der Waals surface area (Å²) in [6.45, 7) is 6.55. The molecule has 5 heteroatoms. The van der Waals surface area contributed by atoms with Gasteiger partial charge in [0.25, 0.3) is 0 Å². The molecule has 0 amide bonds. The maximum Gasteiger partial charge on any atom is 0.111 e. The summed E-state index contributed by atoms with van der Waals surface area (Å²) in [5.41, 5.74) is 2.39. The fourth-order valence-electron chi connectivity index (χ4n) is 2.93. The zero-order valence-corrected chi connectivity index (χ0v) is 15.5. The van der Waals surface area contributed by atoms with Crippen LogP contribution in [0, 0.1) is 5.41 Å². The van der Waals surface area contributed by atoms with Crippen LogP contribution in [0.4, 0.5) is 0 Å².